The number of rotatable bonds is 5. The maximum Gasteiger partial charge on any atom is 0.241 e. The molecule has 0 spiro atoms. The predicted octanol–water partition coefficient (Wildman–Crippen LogP) is 2.30. The Hall–Kier alpha value is -2.30. The highest BCUT2D eigenvalue weighted by Crippen LogP contribution is 2.31. The lowest BCUT2D eigenvalue weighted by Crippen LogP contribution is -2.45. The third-order valence-corrected chi connectivity index (χ3v) is 5.23. The van der Waals surface area contributed by atoms with Crippen LogP contribution in [0, 0.1) is 13.8 Å². The summed E-state index contributed by atoms with van der Waals surface area (Å²) in [5, 5.41) is 11.1. The Morgan fingerprint density at radius 2 is 2.07 bits per heavy atom. The highest BCUT2D eigenvalue weighted by Gasteiger charge is 2.22. The van der Waals surface area contributed by atoms with Gasteiger partial charge in [-0.1, -0.05) is 18.2 Å². The number of nitrogens with zero attached hydrogens (tertiary/aromatic N) is 4. The molecule has 0 saturated heterocycles. The molecular weight excluding hydrogens is 495 g/mol. The molecule has 1 amide bonds. The van der Waals surface area contributed by atoms with Crippen LogP contribution in [-0.4, -0.2) is 53.8 Å². The fraction of sp³-hybridized carbons (Fsp3) is 0.476. The van der Waals surface area contributed by atoms with E-state index in [2.05, 4.69) is 21.8 Å². The molecule has 30 heavy (non-hydrogen) atoms. The third kappa shape index (κ3) is 5.65. The number of guanidine groups is 1. The number of halogens is 1. The number of fused-ring (bicyclic) bond motifs is 1. The first-order valence-electron chi connectivity index (χ1n) is 9.82. The topological polar surface area (TPSA) is 83.8 Å². The number of carbonyl (C=O) groups is 1. The first kappa shape index (κ1) is 24.0. The van der Waals surface area contributed by atoms with E-state index in [4.69, 9.17) is 9.73 Å². The lowest BCUT2D eigenvalue weighted by molar-refractivity contribution is -0.127. The smallest absolute Gasteiger partial charge is 0.241 e. The molecule has 1 aliphatic heterocycles. The van der Waals surface area contributed by atoms with Gasteiger partial charge in [0.25, 0.3) is 0 Å². The van der Waals surface area contributed by atoms with E-state index in [9.17, 15) is 4.79 Å². The molecule has 2 N–H and O–H groups in total. The fourth-order valence-corrected chi connectivity index (χ4v) is 3.33. The highest BCUT2D eigenvalue weighted by atomic mass is 127. The number of aromatic nitrogens is 2. The van der Waals surface area contributed by atoms with Crippen molar-refractivity contribution in [3.05, 3.63) is 46.8 Å². The normalized spacial score (nSPS) is 15.5. The van der Waals surface area contributed by atoms with Crippen LogP contribution in [0.1, 0.15) is 35.0 Å². The number of ether oxygens (including phenoxy) is 1. The van der Waals surface area contributed by atoms with Crippen molar-refractivity contribution in [2.75, 3.05) is 27.2 Å². The highest BCUT2D eigenvalue weighted by molar-refractivity contribution is 14.0. The summed E-state index contributed by atoms with van der Waals surface area (Å²) in [5.41, 5.74) is 4.25. The number of aliphatic imine (C=N–C) groups is 1. The molecular formula is C21H31IN6O2. The van der Waals surface area contributed by atoms with Crippen LogP contribution in [0.25, 0.3) is 0 Å². The van der Waals surface area contributed by atoms with Crippen LogP contribution in [0.3, 0.4) is 0 Å². The van der Waals surface area contributed by atoms with E-state index in [1.165, 1.54) is 0 Å². The lowest BCUT2D eigenvalue weighted by atomic mass is 10.0. The van der Waals surface area contributed by atoms with Gasteiger partial charge in [0, 0.05) is 44.4 Å². The van der Waals surface area contributed by atoms with Gasteiger partial charge in [-0.2, -0.15) is 5.10 Å². The SMILES string of the molecule is Cc1nn(C)c(C)c1CN=C(NCC(=O)N(C)C)NC1CCOc2ccccc21.I. The van der Waals surface area contributed by atoms with Crippen LogP contribution in [0.2, 0.25) is 0 Å². The predicted molar refractivity (Wildman–Crippen MR) is 128 cm³/mol. The summed E-state index contributed by atoms with van der Waals surface area (Å²) in [7, 11) is 5.42. The summed E-state index contributed by atoms with van der Waals surface area (Å²) >= 11 is 0. The van der Waals surface area contributed by atoms with Crippen molar-refractivity contribution < 1.29 is 9.53 Å². The van der Waals surface area contributed by atoms with Crippen molar-refractivity contribution in [2.24, 2.45) is 12.0 Å². The third-order valence-electron chi connectivity index (χ3n) is 5.23. The standard InChI is InChI=1S/C21H30N6O2.HI/c1-14-17(15(2)27(5)25-14)12-22-21(23-13-20(28)26(3)4)24-18-10-11-29-19-9-7-6-8-16(18)19;/h6-9,18H,10-13H2,1-5H3,(H2,22,23,24);1H. The minimum absolute atomic E-state index is 0. The Bertz CT molecular complexity index is 909. The van der Waals surface area contributed by atoms with Crippen molar-refractivity contribution in [2.45, 2.75) is 32.9 Å². The molecule has 9 heteroatoms. The fourth-order valence-electron chi connectivity index (χ4n) is 3.33. The minimum Gasteiger partial charge on any atom is -0.493 e. The molecule has 3 rings (SSSR count). The quantitative estimate of drug-likeness (QED) is 0.355. The summed E-state index contributed by atoms with van der Waals surface area (Å²) in [6.07, 6.45) is 0.824. The molecule has 0 bridgehead atoms. The summed E-state index contributed by atoms with van der Waals surface area (Å²) in [5.74, 6) is 1.48. The number of nitrogens with one attached hydrogen (secondary N) is 2. The Balaban J connectivity index is 0.00000320. The van der Waals surface area contributed by atoms with Crippen LogP contribution < -0.4 is 15.4 Å². The first-order chi connectivity index (χ1) is 13.9. The summed E-state index contributed by atoms with van der Waals surface area (Å²) < 4.78 is 7.62. The number of amides is 1. The molecule has 0 fully saturated rings. The van der Waals surface area contributed by atoms with E-state index in [0.717, 1.165) is 34.7 Å². The van der Waals surface area contributed by atoms with Crippen molar-refractivity contribution in [1.82, 2.24) is 25.3 Å². The first-order valence-corrected chi connectivity index (χ1v) is 9.82. The number of benzene rings is 1. The van der Waals surface area contributed by atoms with E-state index in [0.29, 0.717) is 19.1 Å². The van der Waals surface area contributed by atoms with E-state index in [1.54, 1.807) is 19.0 Å². The van der Waals surface area contributed by atoms with Crippen molar-refractivity contribution in [1.29, 1.82) is 0 Å². The van der Waals surface area contributed by atoms with E-state index in [1.807, 2.05) is 43.8 Å². The maximum absolute atomic E-state index is 12.1. The molecule has 0 radical (unpaired) electrons. The van der Waals surface area contributed by atoms with Gasteiger partial charge < -0.3 is 20.3 Å². The van der Waals surface area contributed by atoms with Gasteiger partial charge in [0.15, 0.2) is 5.96 Å². The second-order valence-corrected chi connectivity index (χ2v) is 7.45. The molecule has 0 saturated carbocycles. The molecule has 1 unspecified atom stereocenters. The average molecular weight is 526 g/mol. The maximum atomic E-state index is 12.1. The van der Waals surface area contributed by atoms with Gasteiger partial charge in [0.05, 0.1) is 31.4 Å². The van der Waals surface area contributed by atoms with Crippen LogP contribution >= 0.6 is 24.0 Å². The molecule has 164 valence electrons. The number of hydrogen-bond donors (Lipinski definition) is 2. The van der Waals surface area contributed by atoms with Gasteiger partial charge in [0.1, 0.15) is 5.75 Å². The molecule has 1 aromatic carbocycles. The zero-order valence-corrected chi connectivity index (χ0v) is 20.6. The molecule has 1 aliphatic rings. The number of aryl methyl sites for hydroxylation is 2. The molecule has 2 heterocycles. The van der Waals surface area contributed by atoms with Crippen molar-refractivity contribution in [3.8, 4) is 5.75 Å². The molecule has 8 nitrogen and oxygen atoms in total. The second-order valence-electron chi connectivity index (χ2n) is 7.45. The van der Waals surface area contributed by atoms with E-state index in [-0.39, 0.29) is 42.5 Å². The lowest BCUT2D eigenvalue weighted by Gasteiger charge is -2.28. The van der Waals surface area contributed by atoms with Crippen molar-refractivity contribution in [3.63, 3.8) is 0 Å². The molecule has 0 aliphatic carbocycles. The largest absolute Gasteiger partial charge is 0.493 e. The van der Waals surface area contributed by atoms with Gasteiger partial charge in [-0.15, -0.1) is 24.0 Å². The second kappa shape index (κ2) is 10.6. The molecule has 1 atom stereocenters. The number of para-hydroxylation sites is 1. The van der Waals surface area contributed by atoms with Crippen LogP contribution in [-0.2, 0) is 18.4 Å². The summed E-state index contributed by atoms with van der Waals surface area (Å²) in [6.45, 7) is 5.33. The van der Waals surface area contributed by atoms with Crippen LogP contribution in [0.4, 0.5) is 0 Å². The average Bonchev–Trinajstić information content (AvgIpc) is 2.95. The van der Waals surface area contributed by atoms with Gasteiger partial charge in [-0.25, -0.2) is 4.99 Å². The van der Waals surface area contributed by atoms with Gasteiger partial charge in [-0.05, 0) is 19.9 Å². The summed E-state index contributed by atoms with van der Waals surface area (Å²) in [6, 6.07) is 8.08. The van der Waals surface area contributed by atoms with Crippen molar-refractivity contribution >= 4 is 35.8 Å². The van der Waals surface area contributed by atoms with Crippen LogP contribution in [0.15, 0.2) is 29.3 Å². The van der Waals surface area contributed by atoms with Crippen LogP contribution in [0.5, 0.6) is 5.75 Å². The number of carbonyl (C=O) groups excluding carboxylic acids is 1. The summed E-state index contributed by atoms with van der Waals surface area (Å²) in [4.78, 5) is 18.4. The Kier molecular flexibility index (Phi) is 8.51. The molecule has 1 aromatic heterocycles. The monoisotopic (exact) mass is 526 g/mol. The zero-order chi connectivity index (χ0) is 21.0. The van der Waals surface area contributed by atoms with Gasteiger partial charge >= 0.3 is 0 Å². The molecule has 2 aromatic rings. The Morgan fingerprint density at radius 1 is 1.33 bits per heavy atom. The Morgan fingerprint density at radius 3 is 2.73 bits per heavy atom. The Labute approximate surface area is 195 Å². The number of likely N-dealkylation sites (N-methyl/N-ethyl adjacent to an activating group) is 1. The zero-order valence-electron chi connectivity index (χ0n) is 18.2. The van der Waals surface area contributed by atoms with Gasteiger partial charge in [0.2, 0.25) is 5.91 Å². The van der Waals surface area contributed by atoms with E-state index < -0.39 is 0 Å². The van der Waals surface area contributed by atoms with Gasteiger partial charge in [-0.3, -0.25) is 9.48 Å². The van der Waals surface area contributed by atoms with E-state index >= 15 is 0 Å². The minimum atomic E-state index is -0.0133. The number of hydrogen-bond acceptors (Lipinski definition) is 4.